The smallest absolute Gasteiger partial charge is 0.328 e. The Kier molecular flexibility index (Phi) is 6.52. The van der Waals surface area contributed by atoms with E-state index >= 15 is 0 Å². The van der Waals surface area contributed by atoms with E-state index in [0.29, 0.717) is 5.56 Å². The van der Waals surface area contributed by atoms with Crippen molar-refractivity contribution in [2.24, 2.45) is 0 Å². The number of amides is 1. The lowest BCUT2D eigenvalue weighted by molar-refractivity contribution is -0.146. The average molecular weight is 392 g/mol. The molecule has 0 fully saturated rings. The molecule has 0 saturated heterocycles. The van der Waals surface area contributed by atoms with Gasteiger partial charge in [0.2, 0.25) is 0 Å². The molecular weight excluding hydrogens is 374 g/mol. The minimum absolute atomic E-state index is 0.271. The van der Waals surface area contributed by atoms with E-state index < -0.39 is 24.0 Å². The third-order valence-corrected chi connectivity index (χ3v) is 4.05. The van der Waals surface area contributed by atoms with Gasteiger partial charge in [-0.05, 0) is 23.3 Å². The quantitative estimate of drug-likeness (QED) is 0.741. The highest BCUT2D eigenvalue weighted by Gasteiger charge is 2.26. The summed E-state index contributed by atoms with van der Waals surface area (Å²) in [5.41, 5.74) is 1.32. The van der Waals surface area contributed by atoms with Gasteiger partial charge >= 0.3 is 5.97 Å². The summed E-state index contributed by atoms with van der Waals surface area (Å²) in [5.74, 6) is -1.21. The first-order chi connectivity index (χ1) is 11.5. The summed E-state index contributed by atoms with van der Waals surface area (Å²) in [4.78, 5) is 24.2. The Bertz CT molecular complexity index is 688. The molecule has 0 aromatic heterocycles. The van der Waals surface area contributed by atoms with Crippen LogP contribution in [0.2, 0.25) is 0 Å². The minimum atomic E-state index is -1.34. The van der Waals surface area contributed by atoms with Crippen molar-refractivity contribution in [3.05, 3.63) is 70.2 Å². The van der Waals surface area contributed by atoms with Crippen molar-refractivity contribution in [1.29, 1.82) is 0 Å². The number of benzene rings is 2. The number of halogens is 1. The van der Waals surface area contributed by atoms with E-state index in [0.717, 1.165) is 10.0 Å². The predicted molar refractivity (Wildman–Crippen MR) is 93.2 cm³/mol. The van der Waals surface area contributed by atoms with Crippen LogP contribution in [0.4, 0.5) is 0 Å². The van der Waals surface area contributed by atoms with Crippen molar-refractivity contribution in [3.8, 4) is 0 Å². The van der Waals surface area contributed by atoms with Gasteiger partial charge in [-0.2, -0.15) is 0 Å². The molecule has 126 valence electrons. The zero-order valence-corrected chi connectivity index (χ0v) is 14.7. The molecule has 0 saturated carbocycles. The number of aliphatic hydroxyl groups is 1. The van der Waals surface area contributed by atoms with E-state index in [1.54, 1.807) is 30.3 Å². The molecule has 0 spiro atoms. The van der Waals surface area contributed by atoms with E-state index in [1.165, 1.54) is 7.11 Å². The van der Waals surface area contributed by atoms with Crippen LogP contribution in [-0.2, 0) is 20.7 Å². The number of esters is 1. The van der Waals surface area contributed by atoms with Gasteiger partial charge in [-0.3, -0.25) is 4.79 Å². The maximum atomic E-state index is 12.2. The molecule has 6 heteroatoms. The number of aliphatic hydroxyl groups excluding tert-OH is 1. The average Bonchev–Trinajstić information content (AvgIpc) is 2.62. The summed E-state index contributed by atoms with van der Waals surface area (Å²) in [7, 11) is 1.26. The van der Waals surface area contributed by atoms with E-state index in [1.807, 2.05) is 24.3 Å². The lowest BCUT2D eigenvalue weighted by Crippen LogP contribution is -2.45. The number of carbonyl (C=O) groups excluding carboxylic acids is 2. The fraction of sp³-hybridized carbons (Fsp3) is 0.222. The summed E-state index contributed by atoms with van der Waals surface area (Å²) >= 11 is 3.35. The molecule has 0 unspecified atom stereocenters. The monoisotopic (exact) mass is 391 g/mol. The highest BCUT2D eigenvalue weighted by atomic mass is 79.9. The summed E-state index contributed by atoms with van der Waals surface area (Å²) in [6.07, 6.45) is -1.07. The molecule has 24 heavy (non-hydrogen) atoms. The van der Waals surface area contributed by atoms with Gasteiger partial charge in [0.25, 0.3) is 5.91 Å². The number of hydrogen-bond acceptors (Lipinski definition) is 4. The molecule has 2 aromatic rings. The van der Waals surface area contributed by atoms with Crippen molar-refractivity contribution in [2.75, 3.05) is 7.11 Å². The largest absolute Gasteiger partial charge is 0.467 e. The van der Waals surface area contributed by atoms with Crippen molar-refractivity contribution in [1.82, 2.24) is 5.32 Å². The number of hydrogen-bond donors (Lipinski definition) is 2. The second-order valence-corrected chi connectivity index (χ2v) is 6.14. The molecule has 0 radical (unpaired) electrons. The number of methoxy groups -OCH3 is 1. The first kappa shape index (κ1) is 18.2. The fourth-order valence-corrected chi connectivity index (χ4v) is 2.49. The third-order valence-electron chi connectivity index (χ3n) is 3.52. The molecule has 2 atom stereocenters. The Hall–Kier alpha value is -2.18. The Morgan fingerprint density at radius 2 is 1.75 bits per heavy atom. The molecule has 0 bridgehead atoms. The van der Waals surface area contributed by atoms with E-state index in [-0.39, 0.29) is 6.42 Å². The summed E-state index contributed by atoms with van der Waals surface area (Å²) in [5, 5.41) is 12.7. The van der Waals surface area contributed by atoms with Gasteiger partial charge in [0.15, 0.2) is 6.10 Å². The molecule has 0 aliphatic carbocycles. The zero-order valence-electron chi connectivity index (χ0n) is 13.1. The molecule has 5 nitrogen and oxygen atoms in total. The first-order valence-electron chi connectivity index (χ1n) is 7.37. The Morgan fingerprint density at radius 1 is 1.12 bits per heavy atom. The van der Waals surface area contributed by atoms with Crippen molar-refractivity contribution in [3.63, 3.8) is 0 Å². The second kappa shape index (κ2) is 8.61. The molecule has 0 aliphatic heterocycles. The van der Waals surface area contributed by atoms with Gasteiger partial charge in [0, 0.05) is 10.9 Å². The normalized spacial score (nSPS) is 13.0. The lowest BCUT2D eigenvalue weighted by atomic mass is 10.0. The van der Waals surface area contributed by atoms with Crippen LogP contribution in [0.25, 0.3) is 0 Å². The molecule has 2 rings (SSSR count). The van der Waals surface area contributed by atoms with Gasteiger partial charge in [0.05, 0.1) is 7.11 Å². The molecule has 2 N–H and O–H groups in total. The Labute approximate surface area is 148 Å². The number of nitrogens with one attached hydrogen (secondary N) is 1. The summed E-state index contributed by atoms with van der Waals surface area (Å²) in [6.45, 7) is 0. The van der Waals surface area contributed by atoms with Crippen LogP contribution in [-0.4, -0.2) is 30.1 Å². The molecular formula is C18H18BrNO4. The van der Waals surface area contributed by atoms with Crippen LogP contribution in [0.5, 0.6) is 0 Å². The van der Waals surface area contributed by atoms with Gasteiger partial charge in [-0.1, -0.05) is 58.4 Å². The SMILES string of the molecule is COC(=O)[C@@H](Cc1ccc(Br)cc1)NC(=O)[C@@H](O)c1ccccc1. The van der Waals surface area contributed by atoms with Gasteiger partial charge in [-0.25, -0.2) is 4.79 Å². The van der Waals surface area contributed by atoms with Crippen LogP contribution < -0.4 is 5.32 Å². The van der Waals surface area contributed by atoms with E-state index in [2.05, 4.69) is 21.2 Å². The van der Waals surface area contributed by atoms with Crippen LogP contribution in [0, 0.1) is 0 Å². The Morgan fingerprint density at radius 3 is 2.33 bits per heavy atom. The zero-order chi connectivity index (χ0) is 17.5. The Balaban J connectivity index is 2.09. The highest BCUT2D eigenvalue weighted by molar-refractivity contribution is 9.10. The second-order valence-electron chi connectivity index (χ2n) is 5.23. The van der Waals surface area contributed by atoms with Crippen LogP contribution in [0.3, 0.4) is 0 Å². The molecule has 0 aliphatic rings. The standard InChI is InChI=1S/C18H18BrNO4/c1-24-18(23)15(11-12-7-9-14(19)10-8-12)20-17(22)16(21)13-5-3-2-4-6-13/h2-10,15-16,21H,11H2,1H3,(H,20,22)/t15-,16+/m1/s1. The topological polar surface area (TPSA) is 75.6 Å². The minimum Gasteiger partial charge on any atom is -0.467 e. The number of rotatable bonds is 6. The lowest BCUT2D eigenvalue weighted by Gasteiger charge is -2.19. The predicted octanol–water partition coefficient (Wildman–Crippen LogP) is 2.38. The van der Waals surface area contributed by atoms with E-state index in [9.17, 15) is 14.7 Å². The molecule has 1 amide bonds. The maximum absolute atomic E-state index is 12.2. The number of ether oxygens (including phenoxy) is 1. The fourth-order valence-electron chi connectivity index (χ4n) is 2.23. The number of carbonyl (C=O) groups is 2. The van der Waals surface area contributed by atoms with Crippen molar-refractivity contribution < 1.29 is 19.4 Å². The maximum Gasteiger partial charge on any atom is 0.328 e. The summed E-state index contributed by atoms with van der Waals surface area (Å²) < 4.78 is 5.67. The van der Waals surface area contributed by atoms with Gasteiger partial charge in [0.1, 0.15) is 6.04 Å². The van der Waals surface area contributed by atoms with Crippen molar-refractivity contribution in [2.45, 2.75) is 18.6 Å². The van der Waals surface area contributed by atoms with Crippen LogP contribution in [0.15, 0.2) is 59.1 Å². The molecule has 0 heterocycles. The summed E-state index contributed by atoms with van der Waals surface area (Å²) in [6, 6.07) is 15.1. The third kappa shape index (κ3) is 4.91. The highest BCUT2D eigenvalue weighted by Crippen LogP contribution is 2.15. The molecule has 2 aromatic carbocycles. The van der Waals surface area contributed by atoms with Crippen LogP contribution in [0.1, 0.15) is 17.2 Å². The van der Waals surface area contributed by atoms with Gasteiger partial charge in [-0.15, -0.1) is 0 Å². The van der Waals surface area contributed by atoms with Crippen LogP contribution >= 0.6 is 15.9 Å². The van der Waals surface area contributed by atoms with E-state index in [4.69, 9.17) is 4.74 Å². The van der Waals surface area contributed by atoms with Crippen molar-refractivity contribution >= 4 is 27.8 Å². The van der Waals surface area contributed by atoms with Gasteiger partial charge < -0.3 is 15.2 Å². The first-order valence-corrected chi connectivity index (χ1v) is 8.16.